The number of hydrogen-bond donors (Lipinski definition) is 3. The summed E-state index contributed by atoms with van der Waals surface area (Å²) in [6, 6.07) is 1.91. The van der Waals surface area contributed by atoms with Crippen molar-refractivity contribution in [3.8, 4) is 0 Å². The van der Waals surface area contributed by atoms with E-state index in [-0.39, 0.29) is 0 Å². The van der Waals surface area contributed by atoms with Crippen LogP contribution in [-0.2, 0) is 0 Å². The van der Waals surface area contributed by atoms with Crippen molar-refractivity contribution in [3.05, 3.63) is 42.7 Å². The van der Waals surface area contributed by atoms with Crippen LogP contribution in [-0.4, -0.2) is 25.3 Å². The lowest BCUT2D eigenvalue weighted by atomic mass is 10.2. The number of rotatable bonds is 3. The van der Waals surface area contributed by atoms with E-state index in [0.717, 1.165) is 34.3 Å². The first kappa shape index (κ1) is 11.4. The highest BCUT2D eigenvalue weighted by atomic mass is 32.1. The quantitative estimate of drug-likeness (QED) is 0.674. The molecule has 3 N–H and O–H groups in total. The van der Waals surface area contributed by atoms with E-state index in [4.69, 9.17) is 0 Å². The molecule has 0 atom stereocenters. The third-order valence-corrected chi connectivity index (χ3v) is 3.73. The van der Waals surface area contributed by atoms with Crippen molar-refractivity contribution in [2.24, 2.45) is 0 Å². The van der Waals surface area contributed by atoms with Gasteiger partial charge in [-0.05, 0) is 17.6 Å². The maximum atomic E-state index is 4.47. The SMILES string of the molecule is C1=C(c2cnc3c(Nc4ccns4)nccn23)CNN1. The fraction of sp³-hybridized carbons (Fsp3) is 0.0833. The van der Waals surface area contributed by atoms with Crippen LogP contribution in [0.2, 0.25) is 0 Å². The first-order chi connectivity index (χ1) is 9.92. The van der Waals surface area contributed by atoms with Crippen molar-refractivity contribution < 1.29 is 0 Å². The lowest BCUT2D eigenvalue weighted by Gasteiger charge is -2.05. The number of imidazole rings is 1. The van der Waals surface area contributed by atoms with Crippen LogP contribution >= 0.6 is 11.5 Å². The van der Waals surface area contributed by atoms with Gasteiger partial charge in [-0.1, -0.05) is 0 Å². The summed E-state index contributed by atoms with van der Waals surface area (Å²) in [5.74, 6) is 0.725. The maximum absolute atomic E-state index is 4.47. The molecule has 20 heavy (non-hydrogen) atoms. The molecule has 4 heterocycles. The second kappa shape index (κ2) is 4.58. The van der Waals surface area contributed by atoms with Crippen molar-refractivity contribution in [3.63, 3.8) is 0 Å². The van der Waals surface area contributed by atoms with Crippen molar-refractivity contribution >= 4 is 33.6 Å². The van der Waals surface area contributed by atoms with Crippen molar-refractivity contribution in [2.75, 3.05) is 11.9 Å². The first-order valence-corrected chi connectivity index (χ1v) is 6.87. The summed E-state index contributed by atoms with van der Waals surface area (Å²) < 4.78 is 6.09. The van der Waals surface area contributed by atoms with Gasteiger partial charge in [0, 0.05) is 36.9 Å². The zero-order valence-corrected chi connectivity index (χ0v) is 11.2. The van der Waals surface area contributed by atoms with E-state index in [0.29, 0.717) is 0 Å². The van der Waals surface area contributed by atoms with E-state index in [2.05, 4.69) is 30.5 Å². The average molecular weight is 285 g/mol. The molecule has 0 fully saturated rings. The number of fused-ring (bicyclic) bond motifs is 1. The van der Waals surface area contributed by atoms with Crippen molar-refractivity contribution in [2.45, 2.75) is 0 Å². The topological polar surface area (TPSA) is 79.2 Å². The lowest BCUT2D eigenvalue weighted by molar-refractivity contribution is 0.729. The fourth-order valence-electron chi connectivity index (χ4n) is 2.14. The standard InChI is InChI=1S/C12H11N7S/c1-2-17-20-10(1)18-11-12-14-7-9(8-5-15-16-6-8)19(12)4-3-13-11/h1-5,7,15-16H,6H2,(H,13,18). The Kier molecular flexibility index (Phi) is 2.61. The Morgan fingerprint density at radius 2 is 2.30 bits per heavy atom. The van der Waals surface area contributed by atoms with Gasteiger partial charge in [-0.2, -0.15) is 4.37 Å². The molecule has 0 spiro atoms. The molecule has 7 nitrogen and oxygen atoms in total. The summed E-state index contributed by atoms with van der Waals surface area (Å²) in [7, 11) is 0. The molecule has 0 saturated carbocycles. The number of aromatic nitrogens is 4. The Morgan fingerprint density at radius 3 is 3.10 bits per heavy atom. The average Bonchev–Trinajstić information content (AvgIpc) is 3.20. The van der Waals surface area contributed by atoms with E-state index in [9.17, 15) is 0 Å². The highest BCUT2D eigenvalue weighted by Gasteiger charge is 2.14. The zero-order valence-electron chi connectivity index (χ0n) is 10.4. The van der Waals surface area contributed by atoms with Crippen molar-refractivity contribution in [1.29, 1.82) is 0 Å². The summed E-state index contributed by atoms with van der Waals surface area (Å²) in [5, 5.41) is 4.18. The first-order valence-electron chi connectivity index (χ1n) is 6.09. The molecular weight excluding hydrogens is 274 g/mol. The molecule has 4 rings (SSSR count). The zero-order chi connectivity index (χ0) is 13.4. The fourth-order valence-corrected chi connectivity index (χ4v) is 2.64. The summed E-state index contributed by atoms with van der Waals surface area (Å²) in [5.41, 5.74) is 9.04. The van der Waals surface area contributed by atoms with Crippen LogP contribution in [0.3, 0.4) is 0 Å². The van der Waals surface area contributed by atoms with Gasteiger partial charge in [0.2, 0.25) is 0 Å². The molecule has 0 aromatic carbocycles. The van der Waals surface area contributed by atoms with Crippen molar-refractivity contribution in [1.82, 2.24) is 29.6 Å². The van der Waals surface area contributed by atoms with Gasteiger partial charge in [0.25, 0.3) is 0 Å². The number of hydrogen-bond acceptors (Lipinski definition) is 7. The van der Waals surface area contributed by atoms with Crippen LogP contribution in [0, 0.1) is 0 Å². The van der Waals surface area contributed by atoms with Crippen LogP contribution in [0.1, 0.15) is 5.69 Å². The van der Waals surface area contributed by atoms with Crippen LogP contribution in [0.4, 0.5) is 10.8 Å². The van der Waals surface area contributed by atoms with Gasteiger partial charge in [0.05, 0.1) is 11.9 Å². The second-order valence-electron chi connectivity index (χ2n) is 4.28. The summed E-state index contributed by atoms with van der Waals surface area (Å²) in [6.45, 7) is 0.772. The molecule has 3 aromatic rings. The minimum Gasteiger partial charge on any atom is -0.328 e. The van der Waals surface area contributed by atoms with Gasteiger partial charge in [0.1, 0.15) is 5.00 Å². The molecule has 0 amide bonds. The summed E-state index contributed by atoms with van der Waals surface area (Å²) in [4.78, 5) is 8.82. The van der Waals surface area contributed by atoms with Crippen LogP contribution in [0.15, 0.2) is 37.1 Å². The largest absolute Gasteiger partial charge is 0.328 e. The normalized spacial score (nSPS) is 14.3. The third-order valence-electron chi connectivity index (χ3n) is 3.06. The Labute approximate surface area is 118 Å². The van der Waals surface area contributed by atoms with E-state index in [1.54, 1.807) is 12.4 Å². The van der Waals surface area contributed by atoms with E-state index >= 15 is 0 Å². The molecular formula is C12H11N7S. The number of hydrazine groups is 1. The van der Waals surface area contributed by atoms with E-state index in [1.807, 2.05) is 29.1 Å². The van der Waals surface area contributed by atoms with Crippen LogP contribution < -0.4 is 16.2 Å². The van der Waals surface area contributed by atoms with Gasteiger partial charge < -0.3 is 10.7 Å². The Balaban J connectivity index is 1.79. The highest BCUT2D eigenvalue weighted by Crippen LogP contribution is 2.24. The van der Waals surface area contributed by atoms with Crippen LogP contribution in [0.25, 0.3) is 11.2 Å². The molecule has 0 aliphatic carbocycles. The van der Waals surface area contributed by atoms with E-state index < -0.39 is 0 Å². The molecule has 1 aliphatic heterocycles. The predicted molar refractivity (Wildman–Crippen MR) is 77.5 cm³/mol. The van der Waals surface area contributed by atoms with Gasteiger partial charge in [0.15, 0.2) is 11.5 Å². The smallest absolute Gasteiger partial charge is 0.180 e. The summed E-state index contributed by atoms with van der Waals surface area (Å²) >= 11 is 1.39. The molecule has 100 valence electrons. The van der Waals surface area contributed by atoms with Crippen LogP contribution in [0.5, 0.6) is 0 Å². The maximum Gasteiger partial charge on any atom is 0.180 e. The van der Waals surface area contributed by atoms with Gasteiger partial charge in [-0.15, -0.1) is 0 Å². The minimum atomic E-state index is 0.725. The van der Waals surface area contributed by atoms with E-state index in [1.165, 1.54) is 11.5 Å². The molecule has 0 unspecified atom stereocenters. The number of nitrogens with one attached hydrogen (secondary N) is 3. The predicted octanol–water partition coefficient (Wildman–Crippen LogP) is 1.38. The van der Waals surface area contributed by atoms with Gasteiger partial charge in [-0.3, -0.25) is 4.40 Å². The Bertz CT molecular complexity index is 774. The van der Waals surface area contributed by atoms with Gasteiger partial charge >= 0.3 is 0 Å². The molecule has 0 radical (unpaired) electrons. The second-order valence-corrected chi connectivity index (χ2v) is 5.12. The molecule has 3 aromatic heterocycles. The monoisotopic (exact) mass is 285 g/mol. The lowest BCUT2D eigenvalue weighted by Crippen LogP contribution is -2.20. The third kappa shape index (κ3) is 1.82. The Hall–Kier alpha value is -2.45. The number of nitrogens with zero attached hydrogens (tertiary/aromatic N) is 4. The molecule has 8 heteroatoms. The number of anilines is 2. The summed E-state index contributed by atoms with van der Waals surface area (Å²) in [6.07, 6.45) is 9.23. The molecule has 1 aliphatic rings. The highest BCUT2D eigenvalue weighted by molar-refractivity contribution is 7.10. The molecule has 0 bridgehead atoms. The van der Waals surface area contributed by atoms with Gasteiger partial charge in [-0.25, -0.2) is 15.4 Å². The molecule has 0 saturated heterocycles. The Morgan fingerprint density at radius 1 is 1.30 bits per heavy atom. The minimum absolute atomic E-state index is 0.725.